The molecule has 0 saturated carbocycles. The maximum absolute atomic E-state index is 12.3. The Morgan fingerprint density at radius 1 is 0.974 bits per heavy atom. The molecule has 0 aromatic heterocycles. The number of benzene rings is 3. The number of amides is 3. The molecule has 0 aliphatic heterocycles. The summed E-state index contributed by atoms with van der Waals surface area (Å²) in [7, 11) is 1.46. The third-order valence-electron chi connectivity index (χ3n) is 4.79. The van der Waals surface area contributed by atoms with Gasteiger partial charge in [0, 0.05) is 15.8 Å². The van der Waals surface area contributed by atoms with Crippen molar-refractivity contribution in [1.82, 2.24) is 5.43 Å². The van der Waals surface area contributed by atoms with Crippen molar-refractivity contribution in [1.29, 1.82) is 0 Å². The van der Waals surface area contributed by atoms with Gasteiger partial charge >= 0.3 is 11.8 Å². The van der Waals surface area contributed by atoms with Crippen molar-refractivity contribution in [3.63, 3.8) is 0 Å². The highest BCUT2D eigenvalue weighted by molar-refractivity contribution is 14.1. The second-order valence-electron chi connectivity index (χ2n) is 7.66. The number of methoxy groups -OCH3 is 1. The molecular weight excluding hydrogens is 683 g/mol. The topological polar surface area (TPSA) is 127 Å². The fraction of sp³-hybridized carbons (Fsp3) is 0.111. The number of hydrogen-bond donors (Lipinski definition) is 3. The molecular formula is C27H24BrIN4O6. The van der Waals surface area contributed by atoms with Crippen LogP contribution in [0.2, 0.25) is 0 Å². The first-order valence-electron chi connectivity index (χ1n) is 11.3. The summed E-state index contributed by atoms with van der Waals surface area (Å²) in [5.74, 6) is -0.818. The van der Waals surface area contributed by atoms with E-state index in [4.69, 9.17) is 14.2 Å². The quantitative estimate of drug-likeness (QED) is 0.0870. The molecule has 0 heterocycles. The minimum atomic E-state index is -0.948. The zero-order valence-corrected chi connectivity index (χ0v) is 24.4. The monoisotopic (exact) mass is 706 g/mol. The van der Waals surface area contributed by atoms with Gasteiger partial charge in [0.2, 0.25) is 0 Å². The van der Waals surface area contributed by atoms with Gasteiger partial charge in [0.25, 0.3) is 5.91 Å². The Kier molecular flexibility index (Phi) is 11.3. The van der Waals surface area contributed by atoms with Crippen molar-refractivity contribution in [3.05, 3.63) is 86.9 Å². The maximum atomic E-state index is 12.3. The van der Waals surface area contributed by atoms with Crippen LogP contribution in [0.4, 0.5) is 11.4 Å². The summed E-state index contributed by atoms with van der Waals surface area (Å²) in [5.41, 5.74) is 3.81. The lowest BCUT2D eigenvalue weighted by Crippen LogP contribution is -2.32. The van der Waals surface area contributed by atoms with Crippen LogP contribution in [0.1, 0.15) is 5.56 Å². The van der Waals surface area contributed by atoms with Gasteiger partial charge in [0.1, 0.15) is 12.4 Å². The van der Waals surface area contributed by atoms with E-state index in [1.54, 1.807) is 54.6 Å². The van der Waals surface area contributed by atoms with Crippen LogP contribution in [0.15, 0.2) is 82.9 Å². The van der Waals surface area contributed by atoms with E-state index < -0.39 is 11.8 Å². The highest BCUT2D eigenvalue weighted by Crippen LogP contribution is 2.33. The Morgan fingerprint density at radius 3 is 2.31 bits per heavy atom. The molecule has 0 unspecified atom stereocenters. The molecule has 3 amide bonds. The van der Waals surface area contributed by atoms with Crippen molar-refractivity contribution in [2.45, 2.75) is 0 Å². The van der Waals surface area contributed by atoms with E-state index in [1.165, 1.54) is 13.3 Å². The van der Waals surface area contributed by atoms with E-state index in [0.29, 0.717) is 44.4 Å². The highest BCUT2D eigenvalue weighted by atomic mass is 127. The van der Waals surface area contributed by atoms with Crippen LogP contribution in [-0.4, -0.2) is 44.3 Å². The average Bonchev–Trinajstić information content (AvgIpc) is 2.93. The van der Waals surface area contributed by atoms with E-state index in [-0.39, 0.29) is 12.5 Å². The summed E-state index contributed by atoms with van der Waals surface area (Å²) in [6.07, 6.45) is 2.97. The summed E-state index contributed by atoms with van der Waals surface area (Å²) in [5, 5.41) is 9.07. The Morgan fingerprint density at radius 2 is 1.64 bits per heavy atom. The van der Waals surface area contributed by atoms with E-state index in [9.17, 15) is 14.4 Å². The molecule has 0 fully saturated rings. The average molecular weight is 707 g/mol. The summed E-state index contributed by atoms with van der Waals surface area (Å²) >= 11 is 5.38. The van der Waals surface area contributed by atoms with Gasteiger partial charge < -0.3 is 24.8 Å². The molecule has 10 nitrogen and oxygen atoms in total. The lowest BCUT2D eigenvalue weighted by molar-refractivity contribution is -0.136. The van der Waals surface area contributed by atoms with Gasteiger partial charge in [-0.25, -0.2) is 5.43 Å². The molecule has 202 valence electrons. The third-order valence-corrected chi connectivity index (χ3v) is 6.12. The fourth-order valence-corrected chi connectivity index (χ4v) is 4.06. The molecule has 3 rings (SSSR count). The first-order chi connectivity index (χ1) is 18.8. The van der Waals surface area contributed by atoms with E-state index >= 15 is 0 Å². The second-order valence-corrected chi connectivity index (χ2v) is 9.73. The molecule has 3 aromatic rings. The summed E-state index contributed by atoms with van der Waals surface area (Å²) in [6, 6.07) is 17.0. The van der Waals surface area contributed by atoms with Crippen LogP contribution >= 0.6 is 38.5 Å². The Hall–Kier alpha value is -3.91. The number of hydrazone groups is 1. The molecule has 0 aliphatic rings. The number of carbonyl (C=O) groups is 3. The van der Waals surface area contributed by atoms with Crippen molar-refractivity contribution < 1.29 is 28.6 Å². The standard InChI is InChI=1S/C27H24BrIN4O6/c1-3-12-38-21-10-8-20(9-11-21)32-26(35)27(36)33-30-15-17-13-22(29)25(23(14-17)37-2)39-16-24(34)31-19-6-4-18(28)5-7-19/h3-11,13-15H,1,12,16H2,2H3,(H,31,34)(H,32,35)(H,33,36)/b30-15-. The van der Waals surface area contributed by atoms with Gasteiger partial charge in [-0.1, -0.05) is 28.6 Å². The van der Waals surface area contributed by atoms with Crippen molar-refractivity contribution in [3.8, 4) is 17.2 Å². The lowest BCUT2D eigenvalue weighted by Gasteiger charge is -2.13. The zero-order valence-electron chi connectivity index (χ0n) is 20.7. The smallest absolute Gasteiger partial charge is 0.329 e. The molecule has 12 heteroatoms. The summed E-state index contributed by atoms with van der Waals surface area (Å²) in [6.45, 7) is 3.70. The third kappa shape index (κ3) is 9.41. The molecule has 0 spiro atoms. The van der Waals surface area contributed by atoms with Gasteiger partial charge in [-0.15, -0.1) is 0 Å². The molecule has 0 atom stereocenters. The first kappa shape index (κ1) is 29.6. The van der Waals surface area contributed by atoms with Crippen LogP contribution in [0.5, 0.6) is 17.2 Å². The molecule has 3 N–H and O–H groups in total. The van der Waals surface area contributed by atoms with Crippen LogP contribution in [0.3, 0.4) is 0 Å². The normalized spacial score (nSPS) is 10.4. The van der Waals surface area contributed by atoms with Crippen LogP contribution in [-0.2, 0) is 14.4 Å². The van der Waals surface area contributed by atoms with Crippen molar-refractivity contribution in [2.75, 3.05) is 31.0 Å². The number of hydrogen-bond acceptors (Lipinski definition) is 7. The molecule has 0 aliphatic carbocycles. The summed E-state index contributed by atoms with van der Waals surface area (Å²) in [4.78, 5) is 36.6. The highest BCUT2D eigenvalue weighted by Gasteiger charge is 2.15. The fourth-order valence-electron chi connectivity index (χ4n) is 3.02. The lowest BCUT2D eigenvalue weighted by atomic mass is 10.2. The maximum Gasteiger partial charge on any atom is 0.329 e. The number of nitrogens with zero attached hydrogens (tertiary/aromatic N) is 1. The Labute approximate surface area is 247 Å². The van der Waals surface area contributed by atoms with Gasteiger partial charge in [-0.3, -0.25) is 14.4 Å². The van der Waals surface area contributed by atoms with Gasteiger partial charge in [-0.05, 0) is 88.8 Å². The van der Waals surface area contributed by atoms with Crippen molar-refractivity contribution >= 4 is 73.8 Å². The van der Waals surface area contributed by atoms with Gasteiger partial charge in [0.05, 0.1) is 16.9 Å². The number of rotatable bonds is 11. The molecule has 0 radical (unpaired) electrons. The van der Waals surface area contributed by atoms with E-state index in [1.807, 2.05) is 34.7 Å². The van der Waals surface area contributed by atoms with Crippen LogP contribution < -0.4 is 30.3 Å². The summed E-state index contributed by atoms with van der Waals surface area (Å²) < 4.78 is 18.0. The van der Waals surface area contributed by atoms with E-state index in [0.717, 1.165) is 4.47 Å². The Bertz CT molecular complexity index is 1360. The van der Waals surface area contributed by atoms with E-state index in [2.05, 4.69) is 43.7 Å². The van der Waals surface area contributed by atoms with Gasteiger partial charge in [-0.2, -0.15) is 5.10 Å². The largest absolute Gasteiger partial charge is 0.493 e. The predicted octanol–water partition coefficient (Wildman–Crippen LogP) is 4.73. The minimum Gasteiger partial charge on any atom is -0.493 e. The van der Waals surface area contributed by atoms with Crippen molar-refractivity contribution in [2.24, 2.45) is 5.10 Å². The van der Waals surface area contributed by atoms with Gasteiger partial charge in [0.15, 0.2) is 18.1 Å². The van der Waals surface area contributed by atoms with Crippen LogP contribution in [0, 0.1) is 3.57 Å². The number of anilines is 2. The van der Waals surface area contributed by atoms with Crippen LogP contribution in [0.25, 0.3) is 0 Å². The number of ether oxygens (including phenoxy) is 3. The molecule has 0 bridgehead atoms. The second kappa shape index (κ2) is 14.9. The molecule has 39 heavy (non-hydrogen) atoms. The molecule has 3 aromatic carbocycles. The molecule has 0 saturated heterocycles. The number of carbonyl (C=O) groups excluding carboxylic acids is 3. The first-order valence-corrected chi connectivity index (χ1v) is 13.2. The number of halogens is 2. The SMILES string of the molecule is C=CCOc1ccc(NC(=O)C(=O)N/N=C\c2cc(I)c(OCC(=O)Nc3ccc(Br)cc3)c(OC)c2)cc1. The Balaban J connectivity index is 1.54. The zero-order chi connectivity index (χ0) is 28.2. The predicted molar refractivity (Wildman–Crippen MR) is 160 cm³/mol. The minimum absolute atomic E-state index is 0.231. The number of nitrogens with one attached hydrogen (secondary N) is 3.